The fourth-order valence-electron chi connectivity index (χ4n) is 7.34. The summed E-state index contributed by atoms with van der Waals surface area (Å²) in [4.78, 5) is 94.4. The average Bonchev–Trinajstić information content (AvgIpc) is 3.70. The van der Waals surface area contributed by atoms with Crippen molar-refractivity contribution in [3.05, 3.63) is 48.0 Å². The van der Waals surface area contributed by atoms with Crippen LogP contribution in [0.5, 0.6) is 0 Å². The molecule has 2 heterocycles. The Morgan fingerprint density at radius 3 is 1.86 bits per heavy atom. The zero-order chi connectivity index (χ0) is 43.2. The van der Waals surface area contributed by atoms with Gasteiger partial charge in [0.05, 0.1) is 6.10 Å². The van der Waals surface area contributed by atoms with E-state index in [0.29, 0.717) is 12.8 Å². The van der Waals surface area contributed by atoms with E-state index >= 15 is 0 Å². The summed E-state index contributed by atoms with van der Waals surface area (Å²) in [6, 6.07) is 5.81. The summed E-state index contributed by atoms with van der Waals surface area (Å²) in [5.74, 6) is -4.94. The minimum Gasteiger partial charge on any atom is -0.391 e. The van der Waals surface area contributed by atoms with Gasteiger partial charge in [-0.05, 0) is 67.7 Å². The number of aliphatic imine (C=N–C) groups is 2. The van der Waals surface area contributed by atoms with E-state index < -0.39 is 83.7 Å². The molecule has 2 fully saturated rings. The fraction of sp³-hybridized carbons (Fsp3) is 0.550. The molecule has 2 aliphatic rings. The first kappa shape index (κ1) is 45.7. The minimum atomic E-state index is -1.50. The number of carbonyl (C=O) groups is 6. The van der Waals surface area contributed by atoms with Crippen LogP contribution >= 0.6 is 0 Å². The number of benzene rings is 2. The van der Waals surface area contributed by atoms with Gasteiger partial charge in [0, 0.05) is 26.1 Å². The Bertz CT molecular complexity index is 1870. The Morgan fingerprint density at radius 2 is 1.27 bits per heavy atom. The minimum absolute atomic E-state index is 0.0305. The van der Waals surface area contributed by atoms with Crippen LogP contribution in [-0.2, 0) is 35.2 Å². The van der Waals surface area contributed by atoms with Gasteiger partial charge in [-0.2, -0.15) is 0 Å². The van der Waals surface area contributed by atoms with Crippen molar-refractivity contribution in [1.29, 1.82) is 0 Å². The summed E-state index contributed by atoms with van der Waals surface area (Å²) in [6.45, 7) is 5.31. The molecule has 0 saturated carbocycles. The molecule has 2 aromatic rings. The Labute approximate surface area is 343 Å². The number of carbonyl (C=O) groups excluding carboxylic acids is 6. The molecule has 0 spiro atoms. The van der Waals surface area contributed by atoms with Crippen molar-refractivity contribution in [2.45, 2.75) is 114 Å². The van der Waals surface area contributed by atoms with Gasteiger partial charge in [-0.1, -0.05) is 62.7 Å². The number of rotatable bonds is 13. The van der Waals surface area contributed by atoms with Gasteiger partial charge < -0.3 is 59.5 Å². The maximum absolute atomic E-state index is 14.7. The molecule has 19 nitrogen and oxygen atoms in total. The van der Waals surface area contributed by atoms with Crippen molar-refractivity contribution in [3.8, 4) is 0 Å². The maximum atomic E-state index is 14.7. The van der Waals surface area contributed by atoms with Gasteiger partial charge in [0.1, 0.15) is 36.3 Å². The van der Waals surface area contributed by atoms with Crippen LogP contribution in [0.3, 0.4) is 0 Å². The largest absolute Gasteiger partial charge is 0.391 e. The number of hydrogen-bond acceptors (Lipinski definition) is 9. The molecular formula is C40H60N12O7. The van der Waals surface area contributed by atoms with Crippen LogP contribution in [0.4, 0.5) is 0 Å². The number of fused-ring (bicyclic) bond motifs is 2. The zero-order valence-electron chi connectivity index (χ0n) is 34.0. The monoisotopic (exact) mass is 820 g/mol. The topological polar surface area (TPSA) is 315 Å². The van der Waals surface area contributed by atoms with Crippen molar-refractivity contribution in [3.63, 3.8) is 0 Å². The Morgan fingerprint density at radius 1 is 0.729 bits per heavy atom. The van der Waals surface area contributed by atoms with Crippen molar-refractivity contribution >= 4 is 58.1 Å². The third-order valence-corrected chi connectivity index (χ3v) is 10.8. The third-order valence-electron chi connectivity index (χ3n) is 10.8. The lowest BCUT2D eigenvalue weighted by Crippen LogP contribution is -2.63. The van der Waals surface area contributed by atoms with Crippen LogP contribution in [0.15, 0.2) is 52.4 Å². The van der Waals surface area contributed by atoms with Crippen molar-refractivity contribution in [2.24, 2.45) is 38.8 Å². The highest BCUT2D eigenvalue weighted by molar-refractivity contribution is 5.99. The van der Waals surface area contributed by atoms with Crippen LogP contribution in [0.1, 0.15) is 71.3 Å². The summed E-state index contributed by atoms with van der Waals surface area (Å²) in [6.07, 6.45) is 0.344. The van der Waals surface area contributed by atoms with Gasteiger partial charge in [-0.15, -0.1) is 0 Å². The van der Waals surface area contributed by atoms with E-state index in [1.165, 1.54) is 11.8 Å². The number of nitrogens with zero attached hydrogens (tertiary/aromatic N) is 3. The van der Waals surface area contributed by atoms with E-state index in [1.807, 2.05) is 49.4 Å². The molecule has 14 N–H and O–H groups in total. The van der Waals surface area contributed by atoms with Crippen molar-refractivity contribution in [2.75, 3.05) is 19.6 Å². The molecule has 0 radical (unpaired) electrons. The molecule has 2 saturated heterocycles. The first-order chi connectivity index (χ1) is 28.1. The standard InChI is InChI=1S/C40H60N12O7/c1-4-22(2)31-36(57)48-28(16-9-19-46-40(43)44)33(54)47-27(15-8-18-45-39(41)42)34(55)49-29(21-25-13-7-12-24-11-5-6-14-26(24)25)38(59)52-20-10-17-30(52)35(56)51-32(23(3)53)37(58)50-31/h5-7,11-14,22-23,27-32,53H,4,8-10,15-21H2,1-3H3,(H,47,54)(H,48,57)(H,49,55)(H,50,58)(H,51,56)(H4,41,42,45)(H4,43,44,46)/t22-,23+,27-,28+,29-,30+,31-,32-/m0/s1. The van der Waals surface area contributed by atoms with Crippen LogP contribution in [0.2, 0.25) is 0 Å². The molecule has 19 heteroatoms. The van der Waals surface area contributed by atoms with E-state index in [4.69, 9.17) is 22.9 Å². The molecule has 0 aliphatic carbocycles. The highest BCUT2D eigenvalue weighted by atomic mass is 16.3. The Hall–Kier alpha value is -5.98. The highest BCUT2D eigenvalue weighted by Gasteiger charge is 2.41. The smallest absolute Gasteiger partial charge is 0.246 e. The number of nitrogens with two attached hydrogens (primary N) is 4. The van der Waals surface area contributed by atoms with Gasteiger partial charge in [0.25, 0.3) is 0 Å². The maximum Gasteiger partial charge on any atom is 0.246 e. The average molecular weight is 821 g/mol. The lowest BCUT2D eigenvalue weighted by molar-refractivity contribution is -0.143. The molecule has 0 bridgehead atoms. The molecule has 0 unspecified atom stereocenters. The van der Waals surface area contributed by atoms with Crippen LogP contribution in [0, 0.1) is 5.92 Å². The SMILES string of the molecule is CC[C@H](C)[C@@H]1NC(=O)[C@H]([C@@H](C)O)NC(=O)[C@H]2CCCN2C(=O)[C@H](Cc2cccc3ccccc23)NC(=O)[C@H](CCCN=C(N)N)NC(=O)[C@@H](CCCN=C(N)N)NC1=O. The zero-order valence-corrected chi connectivity index (χ0v) is 34.0. The second kappa shape index (κ2) is 21.7. The van der Waals surface area contributed by atoms with Crippen LogP contribution in [0.25, 0.3) is 10.8 Å². The number of aliphatic hydroxyl groups is 1. The lowest BCUT2D eigenvalue weighted by atomic mass is 9.96. The highest BCUT2D eigenvalue weighted by Crippen LogP contribution is 2.24. The first-order valence-corrected chi connectivity index (χ1v) is 20.2. The summed E-state index contributed by atoms with van der Waals surface area (Å²) in [5.41, 5.74) is 22.8. The summed E-state index contributed by atoms with van der Waals surface area (Å²) < 4.78 is 0. The Kier molecular flexibility index (Phi) is 16.8. The predicted octanol–water partition coefficient (Wildman–Crippen LogP) is -1.65. The molecule has 6 amide bonds. The van der Waals surface area contributed by atoms with Crippen molar-refractivity contribution in [1.82, 2.24) is 31.5 Å². The molecule has 4 rings (SSSR count). The summed E-state index contributed by atoms with van der Waals surface area (Å²) in [5, 5.41) is 26.2. The molecule has 59 heavy (non-hydrogen) atoms. The number of aliphatic hydroxyl groups excluding tert-OH is 1. The van der Waals surface area contributed by atoms with Gasteiger partial charge in [0.15, 0.2) is 11.9 Å². The third kappa shape index (κ3) is 12.8. The van der Waals surface area contributed by atoms with E-state index in [2.05, 4.69) is 36.6 Å². The molecule has 322 valence electrons. The number of hydrogen-bond donors (Lipinski definition) is 10. The number of nitrogens with one attached hydrogen (secondary N) is 5. The lowest BCUT2D eigenvalue weighted by Gasteiger charge is -2.33. The van der Waals surface area contributed by atoms with Crippen LogP contribution in [-0.4, -0.2) is 119 Å². The van der Waals surface area contributed by atoms with Gasteiger partial charge in [-0.25, -0.2) is 0 Å². The predicted molar refractivity (Wildman–Crippen MR) is 223 cm³/mol. The second-order valence-corrected chi connectivity index (χ2v) is 15.2. The van der Waals surface area contributed by atoms with Gasteiger partial charge in [0.2, 0.25) is 35.4 Å². The van der Waals surface area contributed by atoms with Crippen molar-refractivity contribution < 1.29 is 33.9 Å². The van der Waals surface area contributed by atoms with E-state index in [-0.39, 0.29) is 70.1 Å². The first-order valence-electron chi connectivity index (χ1n) is 20.2. The summed E-state index contributed by atoms with van der Waals surface area (Å²) in [7, 11) is 0. The number of guanidine groups is 2. The second-order valence-electron chi connectivity index (χ2n) is 15.2. The van der Waals surface area contributed by atoms with Gasteiger partial charge in [-0.3, -0.25) is 38.8 Å². The molecule has 2 aromatic carbocycles. The van der Waals surface area contributed by atoms with E-state index in [1.54, 1.807) is 6.92 Å². The Balaban J connectivity index is 1.81. The normalized spacial score (nSPS) is 24.6. The molecule has 8 atom stereocenters. The van der Waals surface area contributed by atoms with Crippen LogP contribution < -0.4 is 49.5 Å². The van der Waals surface area contributed by atoms with E-state index in [0.717, 1.165) is 16.3 Å². The van der Waals surface area contributed by atoms with E-state index in [9.17, 15) is 33.9 Å². The quantitative estimate of drug-likeness (QED) is 0.0620. The molecule has 2 aliphatic heterocycles. The van der Waals surface area contributed by atoms with Gasteiger partial charge >= 0.3 is 0 Å². The fourth-order valence-corrected chi connectivity index (χ4v) is 7.34. The summed E-state index contributed by atoms with van der Waals surface area (Å²) >= 11 is 0. The molecular weight excluding hydrogens is 761 g/mol. The molecule has 0 aromatic heterocycles. The number of amides is 6.